The lowest BCUT2D eigenvalue weighted by Gasteiger charge is -2.16. The van der Waals surface area contributed by atoms with Gasteiger partial charge in [0.05, 0.1) is 5.56 Å². The third-order valence-electron chi connectivity index (χ3n) is 3.26. The van der Waals surface area contributed by atoms with Crippen molar-refractivity contribution in [1.29, 1.82) is 0 Å². The fraction of sp³-hybridized carbons (Fsp3) is 0.188. The van der Waals surface area contributed by atoms with Crippen molar-refractivity contribution in [3.63, 3.8) is 0 Å². The van der Waals surface area contributed by atoms with Crippen LogP contribution >= 0.6 is 23.2 Å². The number of nitrogens with one attached hydrogen (secondary N) is 1. The van der Waals surface area contributed by atoms with Gasteiger partial charge in [-0.15, -0.1) is 0 Å². The van der Waals surface area contributed by atoms with E-state index in [1.165, 1.54) is 30.3 Å². The van der Waals surface area contributed by atoms with Gasteiger partial charge in [0.25, 0.3) is 0 Å². The Labute approximate surface area is 146 Å². The lowest BCUT2D eigenvalue weighted by atomic mass is 10.1. The molecule has 0 amide bonds. The number of alkyl halides is 3. The summed E-state index contributed by atoms with van der Waals surface area (Å²) in [5.74, 6) is -1.15. The van der Waals surface area contributed by atoms with Crippen molar-refractivity contribution < 1.29 is 23.1 Å². The highest BCUT2D eigenvalue weighted by Gasteiger charge is 2.30. The standard InChI is InChI=1S/C16H12Cl2F3NO2/c17-12-5-10(6-13(18)7-12)14(15(23)24)22-8-9-1-3-11(4-2-9)16(19,20)21/h1-7,14,22H,8H2,(H,23,24). The zero-order valence-corrected chi connectivity index (χ0v) is 13.6. The van der Waals surface area contributed by atoms with Crippen molar-refractivity contribution in [3.8, 4) is 0 Å². The van der Waals surface area contributed by atoms with Gasteiger partial charge in [-0.05, 0) is 41.5 Å². The van der Waals surface area contributed by atoms with Crippen LogP contribution in [0.5, 0.6) is 0 Å². The molecule has 0 bridgehead atoms. The summed E-state index contributed by atoms with van der Waals surface area (Å²) < 4.78 is 37.6. The third kappa shape index (κ3) is 4.87. The van der Waals surface area contributed by atoms with Crippen LogP contribution in [0, 0.1) is 0 Å². The van der Waals surface area contributed by atoms with Gasteiger partial charge in [0.1, 0.15) is 6.04 Å². The Morgan fingerprint density at radius 3 is 2.08 bits per heavy atom. The largest absolute Gasteiger partial charge is 0.480 e. The summed E-state index contributed by atoms with van der Waals surface area (Å²) in [7, 11) is 0. The summed E-state index contributed by atoms with van der Waals surface area (Å²) in [6.07, 6.45) is -4.41. The van der Waals surface area contributed by atoms with Crippen LogP contribution < -0.4 is 5.32 Å². The van der Waals surface area contributed by atoms with Crippen molar-refractivity contribution in [2.45, 2.75) is 18.8 Å². The monoisotopic (exact) mass is 377 g/mol. The number of aliphatic carboxylic acids is 1. The highest BCUT2D eigenvalue weighted by molar-refractivity contribution is 6.34. The molecule has 0 fully saturated rings. The minimum atomic E-state index is -4.41. The Hall–Kier alpha value is -1.76. The van der Waals surface area contributed by atoms with Gasteiger partial charge in [-0.3, -0.25) is 10.1 Å². The van der Waals surface area contributed by atoms with Gasteiger partial charge in [0.2, 0.25) is 0 Å². The fourth-order valence-corrected chi connectivity index (χ4v) is 2.66. The number of benzene rings is 2. The van der Waals surface area contributed by atoms with Crippen molar-refractivity contribution in [2.24, 2.45) is 0 Å². The summed E-state index contributed by atoms with van der Waals surface area (Å²) in [6.45, 7) is 0.0687. The number of carboxylic acid groups (broad SMARTS) is 1. The van der Waals surface area contributed by atoms with E-state index in [-0.39, 0.29) is 6.54 Å². The molecular formula is C16H12Cl2F3NO2. The van der Waals surface area contributed by atoms with Crippen molar-refractivity contribution in [1.82, 2.24) is 5.32 Å². The molecule has 0 aliphatic rings. The van der Waals surface area contributed by atoms with Gasteiger partial charge in [0.15, 0.2) is 0 Å². The minimum Gasteiger partial charge on any atom is -0.480 e. The number of hydrogen-bond donors (Lipinski definition) is 2. The van der Waals surface area contributed by atoms with Crippen LogP contribution in [0.25, 0.3) is 0 Å². The van der Waals surface area contributed by atoms with Gasteiger partial charge in [0, 0.05) is 16.6 Å². The molecule has 0 spiro atoms. The summed E-state index contributed by atoms with van der Waals surface area (Å²) >= 11 is 11.7. The van der Waals surface area contributed by atoms with E-state index >= 15 is 0 Å². The Balaban J connectivity index is 2.13. The van der Waals surface area contributed by atoms with E-state index in [2.05, 4.69) is 5.32 Å². The Kier molecular flexibility index (Phi) is 5.74. The number of carboxylic acids is 1. The summed E-state index contributed by atoms with van der Waals surface area (Å²) in [4.78, 5) is 11.4. The lowest BCUT2D eigenvalue weighted by molar-refractivity contribution is -0.140. The maximum atomic E-state index is 12.5. The molecule has 1 unspecified atom stereocenters. The highest BCUT2D eigenvalue weighted by Crippen LogP contribution is 2.29. The van der Waals surface area contributed by atoms with Crippen molar-refractivity contribution >= 4 is 29.2 Å². The average molecular weight is 378 g/mol. The summed E-state index contributed by atoms with van der Waals surface area (Å²) in [5.41, 5.74) is 0.108. The van der Waals surface area contributed by atoms with Crippen molar-refractivity contribution in [3.05, 3.63) is 69.2 Å². The zero-order chi connectivity index (χ0) is 17.9. The van der Waals surface area contributed by atoms with E-state index in [1.807, 2.05) is 0 Å². The fourth-order valence-electron chi connectivity index (χ4n) is 2.12. The normalized spacial score (nSPS) is 12.9. The molecule has 2 aromatic rings. The van der Waals surface area contributed by atoms with Crippen LogP contribution in [0.1, 0.15) is 22.7 Å². The molecular weight excluding hydrogens is 366 g/mol. The second kappa shape index (κ2) is 7.42. The molecule has 8 heteroatoms. The van der Waals surface area contributed by atoms with Crippen LogP contribution in [0.2, 0.25) is 10.0 Å². The predicted octanol–water partition coefficient (Wildman–Crippen LogP) is 4.93. The van der Waals surface area contributed by atoms with E-state index in [4.69, 9.17) is 23.2 Å². The molecule has 3 nitrogen and oxygen atoms in total. The molecule has 0 saturated heterocycles. The topological polar surface area (TPSA) is 49.3 Å². The number of hydrogen-bond acceptors (Lipinski definition) is 2. The molecule has 0 radical (unpaired) electrons. The quantitative estimate of drug-likeness (QED) is 0.776. The van der Waals surface area contributed by atoms with E-state index in [1.54, 1.807) is 0 Å². The van der Waals surface area contributed by atoms with Gasteiger partial charge in [-0.2, -0.15) is 13.2 Å². The summed E-state index contributed by atoms with van der Waals surface area (Å²) in [6, 6.07) is 7.79. The summed E-state index contributed by atoms with van der Waals surface area (Å²) in [5, 5.41) is 12.7. The molecule has 2 aromatic carbocycles. The number of halogens is 5. The van der Waals surface area contributed by atoms with Gasteiger partial charge >= 0.3 is 12.1 Å². The van der Waals surface area contributed by atoms with Crippen molar-refractivity contribution in [2.75, 3.05) is 0 Å². The zero-order valence-electron chi connectivity index (χ0n) is 12.1. The molecule has 0 aromatic heterocycles. The van der Waals surface area contributed by atoms with E-state index in [0.717, 1.165) is 12.1 Å². The van der Waals surface area contributed by atoms with Crippen LogP contribution in [0.4, 0.5) is 13.2 Å². The maximum Gasteiger partial charge on any atom is 0.416 e. The van der Waals surface area contributed by atoms with Crippen LogP contribution in [0.3, 0.4) is 0 Å². The van der Waals surface area contributed by atoms with E-state index < -0.39 is 23.8 Å². The highest BCUT2D eigenvalue weighted by atomic mass is 35.5. The second-order valence-corrected chi connectivity index (χ2v) is 5.92. The van der Waals surface area contributed by atoms with Crippen LogP contribution in [-0.2, 0) is 17.5 Å². The van der Waals surface area contributed by atoms with Crippen LogP contribution in [0.15, 0.2) is 42.5 Å². The van der Waals surface area contributed by atoms with E-state index in [9.17, 15) is 23.1 Å². The van der Waals surface area contributed by atoms with Gasteiger partial charge < -0.3 is 5.11 Å². The molecule has 24 heavy (non-hydrogen) atoms. The smallest absolute Gasteiger partial charge is 0.416 e. The first kappa shape index (κ1) is 18.6. The molecule has 0 heterocycles. The van der Waals surface area contributed by atoms with E-state index in [0.29, 0.717) is 21.2 Å². The van der Waals surface area contributed by atoms with Crippen LogP contribution in [-0.4, -0.2) is 11.1 Å². The number of carbonyl (C=O) groups is 1. The Bertz CT molecular complexity index is 713. The molecule has 0 aliphatic heterocycles. The maximum absolute atomic E-state index is 12.5. The second-order valence-electron chi connectivity index (χ2n) is 5.05. The molecule has 2 rings (SSSR count). The third-order valence-corrected chi connectivity index (χ3v) is 3.69. The minimum absolute atomic E-state index is 0.0687. The first-order valence-electron chi connectivity index (χ1n) is 6.75. The molecule has 2 N–H and O–H groups in total. The first-order valence-corrected chi connectivity index (χ1v) is 7.51. The lowest BCUT2D eigenvalue weighted by Crippen LogP contribution is -2.28. The first-order chi connectivity index (χ1) is 11.2. The predicted molar refractivity (Wildman–Crippen MR) is 85.1 cm³/mol. The molecule has 128 valence electrons. The Morgan fingerprint density at radius 1 is 1.08 bits per heavy atom. The van der Waals surface area contributed by atoms with Gasteiger partial charge in [-0.25, -0.2) is 0 Å². The Morgan fingerprint density at radius 2 is 1.62 bits per heavy atom. The average Bonchev–Trinajstić information content (AvgIpc) is 2.45. The molecule has 0 aliphatic carbocycles. The van der Waals surface area contributed by atoms with Gasteiger partial charge in [-0.1, -0.05) is 35.3 Å². The molecule has 1 atom stereocenters. The molecule has 0 saturated carbocycles. The SMILES string of the molecule is O=C(O)C(NCc1ccc(C(F)(F)F)cc1)c1cc(Cl)cc(Cl)c1. The number of rotatable bonds is 5.